The predicted molar refractivity (Wildman–Crippen MR) is 160 cm³/mol. The third kappa shape index (κ3) is 7.79. The van der Waals surface area contributed by atoms with E-state index in [-0.39, 0.29) is 23.0 Å². The van der Waals surface area contributed by atoms with E-state index in [0.717, 1.165) is 14.8 Å². The number of para-hydroxylation sites is 2. The van der Waals surface area contributed by atoms with E-state index in [9.17, 15) is 18.0 Å². The van der Waals surface area contributed by atoms with Crippen molar-refractivity contribution in [3.63, 3.8) is 0 Å². The number of nitrogens with zero attached hydrogens (tertiary/aromatic N) is 2. The average molecular weight is 584 g/mol. The lowest BCUT2D eigenvalue weighted by molar-refractivity contribution is -0.138. The molecular formula is C30H37N3O5S2. The van der Waals surface area contributed by atoms with Crippen molar-refractivity contribution in [3.05, 3.63) is 84.4 Å². The largest absolute Gasteiger partial charge is 0.492 e. The zero-order chi connectivity index (χ0) is 29.1. The van der Waals surface area contributed by atoms with Crippen LogP contribution in [0.25, 0.3) is 0 Å². The van der Waals surface area contributed by atoms with E-state index in [1.165, 1.54) is 28.8 Å². The van der Waals surface area contributed by atoms with Gasteiger partial charge in [0.25, 0.3) is 10.0 Å². The van der Waals surface area contributed by atoms with Gasteiger partial charge in [0.2, 0.25) is 11.8 Å². The van der Waals surface area contributed by atoms with Crippen LogP contribution in [0, 0.1) is 0 Å². The number of carbonyl (C=O) groups is 2. The molecule has 214 valence electrons. The van der Waals surface area contributed by atoms with Crippen molar-refractivity contribution in [1.29, 1.82) is 0 Å². The fourth-order valence-electron chi connectivity index (χ4n) is 4.22. The Bertz CT molecular complexity index is 1370. The van der Waals surface area contributed by atoms with Crippen LogP contribution in [0.15, 0.2) is 88.7 Å². The summed E-state index contributed by atoms with van der Waals surface area (Å²) in [5.41, 5.74) is 1.25. The average Bonchev–Trinajstić information content (AvgIpc) is 2.97. The molecule has 40 heavy (non-hydrogen) atoms. The third-order valence-electron chi connectivity index (χ3n) is 6.36. The van der Waals surface area contributed by atoms with Crippen LogP contribution in [0.3, 0.4) is 0 Å². The fraction of sp³-hybridized carbons (Fsp3) is 0.333. The van der Waals surface area contributed by atoms with Crippen LogP contribution >= 0.6 is 11.8 Å². The fourth-order valence-corrected chi connectivity index (χ4v) is 6.05. The summed E-state index contributed by atoms with van der Waals surface area (Å²) in [6, 6.07) is 22.1. The molecule has 2 amide bonds. The maximum absolute atomic E-state index is 14.0. The zero-order valence-electron chi connectivity index (χ0n) is 23.4. The predicted octanol–water partition coefficient (Wildman–Crippen LogP) is 4.60. The molecule has 0 saturated heterocycles. The molecule has 0 fully saturated rings. The molecular weight excluding hydrogens is 546 g/mol. The lowest BCUT2D eigenvalue weighted by Crippen LogP contribution is -2.52. The Kier molecular flexibility index (Phi) is 11.5. The molecule has 0 heterocycles. The highest BCUT2D eigenvalue weighted by molar-refractivity contribution is 7.98. The standard InChI is InChI=1S/C30H37N3O5S2/c1-5-31-30(35)23(3)32(21-20-24-12-8-7-9-13-24)29(34)22-33(27-14-10-11-15-28(27)38-6-2)40(36,37)26-18-16-25(39-4)17-19-26/h7-19,23H,5-6,20-22H2,1-4H3,(H,31,35)/t23-/m0/s1. The maximum Gasteiger partial charge on any atom is 0.264 e. The van der Waals surface area contributed by atoms with Crippen molar-refractivity contribution in [2.24, 2.45) is 0 Å². The van der Waals surface area contributed by atoms with Crippen LogP contribution in [-0.2, 0) is 26.0 Å². The van der Waals surface area contributed by atoms with Gasteiger partial charge in [-0.2, -0.15) is 0 Å². The number of carbonyl (C=O) groups excluding carboxylic acids is 2. The minimum absolute atomic E-state index is 0.0528. The van der Waals surface area contributed by atoms with E-state index in [4.69, 9.17) is 4.74 Å². The van der Waals surface area contributed by atoms with E-state index in [2.05, 4.69) is 5.32 Å². The second-order valence-electron chi connectivity index (χ2n) is 8.98. The summed E-state index contributed by atoms with van der Waals surface area (Å²) in [4.78, 5) is 29.2. The SMILES string of the molecule is CCNC(=O)[C@H](C)N(CCc1ccccc1)C(=O)CN(c1ccccc1OCC)S(=O)(=O)c1ccc(SC)cc1. The molecule has 0 bridgehead atoms. The minimum atomic E-state index is -4.18. The van der Waals surface area contributed by atoms with Gasteiger partial charge in [0, 0.05) is 18.0 Å². The highest BCUT2D eigenvalue weighted by Crippen LogP contribution is 2.33. The summed E-state index contributed by atoms with van der Waals surface area (Å²) in [6.07, 6.45) is 2.42. The monoisotopic (exact) mass is 583 g/mol. The van der Waals surface area contributed by atoms with Crippen LogP contribution in [0.1, 0.15) is 26.3 Å². The summed E-state index contributed by atoms with van der Waals surface area (Å²) in [5, 5.41) is 2.77. The van der Waals surface area contributed by atoms with E-state index in [0.29, 0.717) is 25.3 Å². The van der Waals surface area contributed by atoms with Gasteiger partial charge >= 0.3 is 0 Å². The lowest BCUT2D eigenvalue weighted by atomic mass is 10.1. The molecule has 0 unspecified atom stereocenters. The molecule has 8 nitrogen and oxygen atoms in total. The third-order valence-corrected chi connectivity index (χ3v) is 8.88. The van der Waals surface area contributed by atoms with Gasteiger partial charge in [-0.05, 0) is 75.4 Å². The molecule has 0 aliphatic carbocycles. The first kappa shape index (κ1) is 31.0. The summed E-state index contributed by atoms with van der Waals surface area (Å²) in [5.74, 6) is -0.458. The van der Waals surface area contributed by atoms with Gasteiger partial charge in [-0.25, -0.2) is 8.42 Å². The number of nitrogens with one attached hydrogen (secondary N) is 1. The van der Waals surface area contributed by atoms with Crippen molar-refractivity contribution in [3.8, 4) is 5.75 Å². The van der Waals surface area contributed by atoms with Crippen molar-refractivity contribution in [2.75, 3.05) is 36.8 Å². The number of likely N-dealkylation sites (N-methyl/N-ethyl adjacent to an activating group) is 1. The van der Waals surface area contributed by atoms with Crippen LogP contribution in [0.5, 0.6) is 5.75 Å². The van der Waals surface area contributed by atoms with Gasteiger partial charge in [-0.1, -0.05) is 42.5 Å². The van der Waals surface area contributed by atoms with Crippen LogP contribution < -0.4 is 14.4 Å². The van der Waals surface area contributed by atoms with Crippen LogP contribution in [0.4, 0.5) is 5.69 Å². The van der Waals surface area contributed by atoms with Gasteiger partial charge in [0.05, 0.1) is 17.2 Å². The Labute approximate surface area is 241 Å². The molecule has 1 N–H and O–H groups in total. The van der Waals surface area contributed by atoms with Crippen molar-refractivity contribution < 1.29 is 22.7 Å². The van der Waals surface area contributed by atoms with Crippen LogP contribution in [-0.4, -0.2) is 63.7 Å². The molecule has 0 spiro atoms. The first-order valence-corrected chi connectivity index (χ1v) is 15.9. The number of amides is 2. The van der Waals surface area contributed by atoms with Crippen LogP contribution in [0.2, 0.25) is 0 Å². The van der Waals surface area contributed by atoms with Crippen molar-refractivity contribution in [1.82, 2.24) is 10.2 Å². The zero-order valence-corrected chi connectivity index (χ0v) is 25.0. The lowest BCUT2D eigenvalue weighted by Gasteiger charge is -2.32. The minimum Gasteiger partial charge on any atom is -0.492 e. The highest BCUT2D eigenvalue weighted by Gasteiger charge is 2.33. The van der Waals surface area contributed by atoms with Gasteiger partial charge in [-0.3, -0.25) is 13.9 Å². The van der Waals surface area contributed by atoms with E-state index >= 15 is 0 Å². The Morgan fingerprint density at radius 3 is 2.23 bits per heavy atom. The smallest absolute Gasteiger partial charge is 0.264 e. The Morgan fingerprint density at radius 2 is 1.60 bits per heavy atom. The van der Waals surface area contributed by atoms with Crippen molar-refractivity contribution in [2.45, 2.75) is 43.0 Å². The molecule has 0 saturated carbocycles. The number of ether oxygens (including phenoxy) is 1. The molecule has 0 aromatic heterocycles. The first-order valence-electron chi connectivity index (χ1n) is 13.2. The number of rotatable bonds is 14. The molecule has 0 aliphatic heterocycles. The van der Waals surface area contributed by atoms with Gasteiger partial charge in [0.1, 0.15) is 18.3 Å². The number of anilines is 1. The Morgan fingerprint density at radius 1 is 0.950 bits per heavy atom. The molecule has 3 rings (SSSR count). The van der Waals surface area contributed by atoms with Gasteiger partial charge in [-0.15, -0.1) is 11.8 Å². The highest BCUT2D eigenvalue weighted by atomic mass is 32.2. The molecule has 1 atom stereocenters. The Balaban J connectivity index is 2.03. The number of benzene rings is 3. The maximum atomic E-state index is 14.0. The quantitative estimate of drug-likeness (QED) is 0.279. The van der Waals surface area contributed by atoms with Gasteiger partial charge < -0.3 is 15.0 Å². The number of thioether (sulfide) groups is 1. The van der Waals surface area contributed by atoms with Crippen molar-refractivity contribution >= 4 is 39.3 Å². The Hall–Kier alpha value is -3.50. The van der Waals surface area contributed by atoms with E-state index in [1.807, 2.05) is 43.5 Å². The number of hydrogen-bond acceptors (Lipinski definition) is 6. The second-order valence-corrected chi connectivity index (χ2v) is 11.7. The van der Waals surface area contributed by atoms with E-state index in [1.54, 1.807) is 50.2 Å². The second kappa shape index (κ2) is 14.8. The molecule has 3 aromatic rings. The summed E-state index contributed by atoms with van der Waals surface area (Å²) in [7, 11) is -4.18. The van der Waals surface area contributed by atoms with Gasteiger partial charge in [0.15, 0.2) is 0 Å². The first-order chi connectivity index (χ1) is 19.2. The number of sulfonamides is 1. The number of hydrogen-bond donors (Lipinski definition) is 1. The molecule has 3 aromatic carbocycles. The topological polar surface area (TPSA) is 96.0 Å². The molecule has 0 aliphatic rings. The summed E-state index contributed by atoms with van der Waals surface area (Å²) < 4.78 is 34.9. The van der Waals surface area contributed by atoms with E-state index < -0.39 is 28.5 Å². The normalized spacial score (nSPS) is 11.9. The summed E-state index contributed by atoms with van der Waals surface area (Å²) >= 11 is 1.50. The molecule has 0 radical (unpaired) electrons. The summed E-state index contributed by atoms with van der Waals surface area (Å²) in [6.45, 7) is 5.74. The molecule has 10 heteroatoms.